The topological polar surface area (TPSA) is 77.2 Å². The van der Waals surface area contributed by atoms with E-state index in [2.05, 4.69) is 10.3 Å². The third kappa shape index (κ3) is 2.87. The van der Waals surface area contributed by atoms with Gasteiger partial charge >= 0.3 is 0 Å². The van der Waals surface area contributed by atoms with Gasteiger partial charge in [-0.3, -0.25) is 10.0 Å². The van der Waals surface area contributed by atoms with Gasteiger partial charge < -0.3 is 10.3 Å². The molecule has 3 rings (SSSR count). The second-order valence-corrected chi connectivity index (χ2v) is 5.50. The van der Waals surface area contributed by atoms with Crippen LogP contribution in [0.3, 0.4) is 0 Å². The first-order valence-corrected chi connectivity index (χ1v) is 7.12. The maximum atomic E-state index is 11.4. The Kier molecular flexibility index (Phi) is 3.94. The molecule has 0 fully saturated rings. The number of hydroxylamine groups is 1. The van der Waals surface area contributed by atoms with Crippen LogP contribution in [-0.2, 0) is 0 Å². The van der Waals surface area contributed by atoms with Crippen LogP contribution in [0.1, 0.15) is 10.4 Å². The molecule has 0 unspecified atom stereocenters. The number of amides is 1. The Morgan fingerprint density at radius 2 is 1.86 bits per heavy atom. The predicted octanol–water partition coefficient (Wildman–Crippen LogP) is 4.34. The molecular formula is C15H11Cl2N3O2. The highest BCUT2D eigenvalue weighted by Crippen LogP contribution is 2.30. The average Bonchev–Trinajstić information content (AvgIpc) is 2.88. The van der Waals surface area contributed by atoms with E-state index in [1.807, 2.05) is 6.07 Å². The highest BCUT2D eigenvalue weighted by atomic mass is 35.5. The largest absolute Gasteiger partial charge is 0.342 e. The number of nitrogens with one attached hydrogen (secondary N) is 3. The van der Waals surface area contributed by atoms with Crippen LogP contribution in [0.2, 0.25) is 10.0 Å². The summed E-state index contributed by atoms with van der Waals surface area (Å²) in [4.78, 5) is 14.6. The molecule has 1 aromatic heterocycles. The maximum absolute atomic E-state index is 11.4. The zero-order chi connectivity index (χ0) is 15.7. The van der Waals surface area contributed by atoms with Crippen molar-refractivity contribution in [1.82, 2.24) is 10.5 Å². The third-order valence-electron chi connectivity index (χ3n) is 3.17. The van der Waals surface area contributed by atoms with E-state index in [0.717, 1.165) is 16.7 Å². The Labute approximate surface area is 135 Å². The summed E-state index contributed by atoms with van der Waals surface area (Å²) in [7, 11) is 0. The number of aromatic amines is 1. The van der Waals surface area contributed by atoms with Crippen LogP contribution >= 0.6 is 23.2 Å². The minimum Gasteiger partial charge on any atom is -0.342 e. The van der Waals surface area contributed by atoms with Crippen molar-refractivity contribution in [3.63, 3.8) is 0 Å². The first-order valence-electron chi connectivity index (χ1n) is 6.36. The van der Waals surface area contributed by atoms with Gasteiger partial charge in [-0.15, -0.1) is 0 Å². The van der Waals surface area contributed by atoms with Crippen LogP contribution in [-0.4, -0.2) is 16.1 Å². The predicted molar refractivity (Wildman–Crippen MR) is 87.3 cm³/mol. The fourth-order valence-electron chi connectivity index (χ4n) is 2.15. The molecule has 2 aromatic carbocycles. The molecule has 0 spiro atoms. The molecule has 0 atom stereocenters. The smallest absolute Gasteiger partial charge is 0.274 e. The number of carbonyl (C=O) groups excluding carboxylic acids is 1. The summed E-state index contributed by atoms with van der Waals surface area (Å²) in [5.74, 6) is 0.161. The molecule has 0 aliphatic rings. The molecule has 0 saturated heterocycles. The van der Waals surface area contributed by atoms with Gasteiger partial charge in [0, 0.05) is 22.2 Å². The van der Waals surface area contributed by atoms with Crippen molar-refractivity contribution >= 4 is 51.5 Å². The molecule has 1 heterocycles. The van der Waals surface area contributed by atoms with Gasteiger partial charge in [0.25, 0.3) is 5.91 Å². The molecule has 4 N–H and O–H groups in total. The first kappa shape index (κ1) is 14.7. The molecule has 7 heteroatoms. The van der Waals surface area contributed by atoms with E-state index < -0.39 is 5.91 Å². The van der Waals surface area contributed by atoms with Gasteiger partial charge in [-0.05, 0) is 36.4 Å². The third-order valence-corrected chi connectivity index (χ3v) is 3.89. The van der Waals surface area contributed by atoms with Gasteiger partial charge in [-0.2, -0.15) is 0 Å². The highest BCUT2D eigenvalue weighted by molar-refractivity contribution is 6.42. The van der Waals surface area contributed by atoms with Crippen molar-refractivity contribution in [2.24, 2.45) is 0 Å². The number of halogens is 2. The number of fused-ring (bicyclic) bond motifs is 1. The first-order chi connectivity index (χ1) is 10.6. The Balaban J connectivity index is 1.91. The standard InChI is InChI=1S/C15H11Cl2N3O2/c16-11-5-9-6-14(19-13(9)7-12(11)17)18-10-3-1-2-8(4-10)15(21)20-22/h1-7,18-19,22H,(H,20,21). The van der Waals surface area contributed by atoms with Crippen LogP contribution in [0.5, 0.6) is 0 Å². The Hall–Kier alpha value is -2.21. The molecule has 1 amide bonds. The van der Waals surface area contributed by atoms with Crippen LogP contribution in [0.15, 0.2) is 42.5 Å². The number of anilines is 2. The number of benzene rings is 2. The van der Waals surface area contributed by atoms with Gasteiger partial charge in [-0.1, -0.05) is 29.3 Å². The molecule has 0 aliphatic carbocycles. The quantitative estimate of drug-likeness (QED) is 0.424. The van der Waals surface area contributed by atoms with Crippen LogP contribution in [0, 0.1) is 0 Å². The zero-order valence-electron chi connectivity index (χ0n) is 11.2. The Morgan fingerprint density at radius 1 is 1.09 bits per heavy atom. The monoisotopic (exact) mass is 335 g/mol. The number of aromatic nitrogens is 1. The van der Waals surface area contributed by atoms with Gasteiger partial charge in [0.05, 0.1) is 10.0 Å². The van der Waals surface area contributed by atoms with E-state index in [4.69, 9.17) is 28.4 Å². The van der Waals surface area contributed by atoms with Crippen molar-refractivity contribution in [3.05, 3.63) is 58.1 Å². The molecule has 0 saturated carbocycles. The second kappa shape index (κ2) is 5.88. The number of hydrogen-bond acceptors (Lipinski definition) is 3. The van der Waals surface area contributed by atoms with Crippen molar-refractivity contribution in [1.29, 1.82) is 0 Å². The summed E-state index contributed by atoms with van der Waals surface area (Å²) in [6.07, 6.45) is 0. The fraction of sp³-hybridized carbons (Fsp3) is 0. The Morgan fingerprint density at radius 3 is 2.64 bits per heavy atom. The van der Waals surface area contributed by atoms with E-state index >= 15 is 0 Å². The maximum Gasteiger partial charge on any atom is 0.274 e. The van der Waals surface area contributed by atoms with E-state index in [1.165, 1.54) is 0 Å². The molecule has 112 valence electrons. The molecule has 3 aromatic rings. The van der Waals surface area contributed by atoms with Crippen LogP contribution in [0.25, 0.3) is 10.9 Å². The summed E-state index contributed by atoms with van der Waals surface area (Å²) in [5.41, 5.74) is 3.49. The normalized spacial score (nSPS) is 10.7. The molecule has 22 heavy (non-hydrogen) atoms. The van der Waals surface area contributed by atoms with E-state index in [-0.39, 0.29) is 0 Å². The van der Waals surface area contributed by atoms with Crippen molar-refractivity contribution in [3.8, 4) is 0 Å². The highest BCUT2D eigenvalue weighted by Gasteiger charge is 2.07. The number of H-pyrrole nitrogens is 1. The average molecular weight is 336 g/mol. The minimum atomic E-state index is -0.570. The lowest BCUT2D eigenvalue weighted by atomic mass is 10.2. The Bertz CT molecular complexity index is 822. The SMILES string of the molecule is O=C(NO)c1cccc(Nc2cc3cc(Cl)c(Cl)cc3[nH]2)c1. The lowest BCUT2D eigenvalue weighted by molar-refractivity contribution is 0.0706. The molecule has 0 bridgehead atoms. The van der Waals surface area contributed by atoms with Gasteiger partial charge in [-0.25, -0.2) is 5.48 Å². The van der Waals surface area contributed by atoms with Crippen LogP contribution in [0.4, 0.5) is 11.5 Å². The van der Waals surface area contributed by atoms with Crippen LogP contribution < -0.4 is 10.8 Å². The van der Waals surface area contributed by atoms with E-state index in [9.17, 15) is 4.79 Å². The summed E-state index contributed by atoms with van der Waals surface area (Å²) < 4.78 is 0. The molecule has 0 aliphatic heterocycles. The summed E-state index contributed by atoms with van der Waals surface area (Å²) in [5, 5.41) is 13.7. The second-order valence-electron chi connectivity index (χ2n) is 4.68. The van der Waals surface area contributed by atoms with E-state index in [1.54, 1.807) is 41.9 Å². The van der Waals surface area contributed by atoms with Crippen molar-refractivity contribution in [2.75, 3.05) is 5.32 Å². The van der Waals surface area contributed by atoms with Gasteiger partial charge in [0.15, 0.2) is 0 Å². The summed E-state index contributed by atoms with van der Waals surface area (Å²) in [6, 6.07) is 12.1. The number of rotatable bonds is 3. The fourth-order valence-corrected chi connectivity index (χ4v) is 2.49. The lowest BCUT2D eigenvalue weighted by Crippen LogP contribution is -2.18. The number of carbonyl (C=O) groups is 1. The molecule has 5 nitrogen and oxygen atoms in total. The van der Waals surface area contributed by atoms with Crippen molar-refractivity contribution in [2.45, 2.75) is 0 Å². The molecular weight excluding hydrogens is 325 g/mol. The minimum absolute atomic E-state index is 0.342. The lowest BCUT2D eigenvalue weighted by Gasteiger charge is -2.05. The van der Waals surface area contributed by atoms with Gasteiger partial charge in [0.2, 0.25) is 0 Å². The van der Waals surface area contributed by atoms with Crippen molar-refractivity contribution < 1.29 is 10.0 Å². The summed E-state index contributed by atoms with van der Waals surface area (Å²) >= 11 is 12.0. The van der Waals surface area contributed by atoms with Gasteiger partial charge in [0.1, 0.15) is 5.82 Å². The molecule has 0 radical (unpaired) electrons. The van der Waals surface area contributed by atoms with E-state index in [0.29, 0.717) is 21.3 Å². The summed E-state index contributed by atoms with van der Waals surface area (Å²) in [6.45, 7) is 0. The number of hydrogen-bond donors (Lipinski definition) is 4. The zero-order valence-corrected chi connectivity index (χ0v) is 12.7.